The van der Waals surface area contributed by atoms with Crippen LogP contribution in [0.15, 0.2) is 24.3 Å². The van der Waals surface area contributed by atoms with E-state index < -0.39 is 0 Å². The lowest BCUT2D eigenvalue weighted by Crippen LogP contribution is -2.33. The van der Waals surface area contributed by atoms with E-state index in [9.17, 15) is 0 Å². The SMILES string of the molecule is Cc1ccc(CN2CCCNCCCN(C)CCC2)cc1. The van der Waals surface area contributed by atoms with E-state index in [1.54, 1.807) is 0 Å². The predicted octanol–water partition coefficient (Wildman–Crippen LogP) is 2.50. The lowest BCUT2D eigenvalue weighted by atomic mass is 10.1. The molecule has 1 fully saturated rings. The molecule has 1 aliphatic rings. The van der Waals surface area contributed by atoms with Gasteiger partial charge in [0.1, 0.15) is 0 Å². The number of hydrogen-bond donors (Lipinski definition) is 1. The third-order valence-corrected chi connectivity index (χ3v) is 4.26. The van der Waals surface area contributed by atoms with Crippen LogP contribution in [-0.2, 0) is 6.54 Å². The second-order valence-corrected chi connectivity index (χ2v) is 6.38. The van der Waals surface area contributed by atoms with Gasteiger partial charge < -0.3 is 10.2 Å². The average Bonchev–Trinajstić information content (AvgIpc) is 2.46. The summed E-state index contributed by atoms with van der Waals surface area (Å²) in [6.07, 6.45) is 3.79. The van der Waals surface area contributed by atoms with Crippen molar-refractivity contribution in [2.24, 2.45) is 0 Å². The van der Waals surface area contributed by atoms with Crippen LogP contribution < -0.4 is 5.32 Å². The molecule has 0 spiro atoms. The number of nitrogens with one attached hydrogen (secondary N) is 1. The van der Waals surface area contributed by atoms with Crippen molar-refractivity contribution < 1.29 is 0 Å². The van der Waals surface area contributed by atoms with E-state index in [0.29, 0.717) is 0 Å². The molecular weight excluding hydrogens is 258 g/mol. The Morgan fingerprint density at radius 2 is 1.52 bits per heavy atom. The topological polar surface area (TPSA) is 18.5 Å². The highest BCUT2D eigenvalue weighted by atomic mass is 15.1. The number of aryl methyl sites for hydroxylation is 1. The first kappa shape index (κ1) is 16.5. The minimum Gasteiger partial charge on any atom is -0.317 e. The molecule has 1 saturated heterocycles. The maximum atomic E-state index is 3.56. The number of nitrogens with zero attached hydrogens (tertiary/aromatic N) is 2. The van der Waals surface area contributed by atoms with E-state index in [-0.39, 0.29) is 0 Å². The first-order chi connectivity index (χ1) is 10.2. The third-order valence-electron chi connectivity index (χ3n) is 4.26. The Morgan fingerprint density at radius 1 is 0.905 bits per heavy atom. The maximum absolute atomic E-state index is 3.56. The zero-order valence-electron chi connectivity index (χ0n) is 13.8. The first-order valence-corrected chi connectivity index (χ1v) is 8.41. The average molecular weight is 289 g/mol. The molecule has 1 heterocycles. The van der Waals surface area contributed by atoms with Gasteiger partial charge in [-0.05, 0) is 78.1 Å². The number of benzene rings is 1. The van der Waals surface area contributed by atoms with Crippen LogP contribution in [0.2, 0.25) is 0 Å². The molecule has 1 aliphatic heterocycles. The van der Waals surface area contributed by atoms with E-state index in [0.717, 1.165) is 19.6 Å². The molecule has 0 bridgehead atoms. The van der Waals surface area contributed by atoms with Crippen LogP contribution in [0.3, 0.4) is 0 Å². The molecule has 1 N–H and O–H groups in total. The molecule has 0 radical (unpaired) electrons. The van der Waals surface area contributed by atoms with Crippen molar-refractivity contribution in [3.8, 4) is 0 Å². The molecule has 0 amide bonds. The van der Waals surface area contributed by atoms with E-state index in [1.165, 1.54) is 56.6 Å². The molecule has 0 unspecified atom stereocenters. The summed E-state index contributed by atoms with van der Waals surface area (Å²) >= 11 is 0. The molecule has 21 heavy (non-hydrogen) atoms. The van der Waals surface area contributed by atoms with Gasteiger partial charge in [-0.25, -0.2) is 0 Å². The van der Waals surface area contributed by atoms with Crippen LogP contribution in [-0.4, -0.2) is 56.1 Å². The summed E-state index contributed by atoms with van der Waals surface area (Å²) in [5.74, 6) is 0. The second kappa shape index (κ2) is 9.19. The van der Waals surface area contributed by atoms with Crippen LogP contribution in [0.4, 0.5) is 0 Å². The fraction of sp³-hybridized carbons (Fsp3) is 0.667. The summed E-state index contributed by atoms with van der Waals surface area (Å²) in [5, 5.41) is 3.56. The van der Waals surface area contributed by atoms with Gasteiger partial charge >= 0.3 is 0 Å². The van der Waals surface area contributed by atoms with Gasteiger partial charge in [-0.2, -0.15) is 0 Å². The zero-order valence-corrected chi connectivity index (χ0v) is 13.8. The molecule has 0 atom stereocenters. The predicted molar refractivity (Wildman–Crippen MR) is 90.7 cm³/mol. The molecule has 1 aromatic carbocycles. The minimum absolute atomic E-state index is 1.09. The molecule has 0 aliphatic carbocycles. The van der Waals surface area contributed by atoms with Gasteiger partial charge in [0, 0.05) is 6.54 Å². The Kier molecular flexibility index (Phi) is 7.20. The summed E-state index contributed by atoms with van der Waals surface area (Å²) < 4.78 is 0. The normalized spacial score (nSPS) is 20.7. The Hall–Kier alpha value is -0.900. The molecule has 0 aromatic heterocycles. The van der Waals surface area contributed by atoms with E-state index >= 15 is 0 Å². The minimum atomic E-state index is 1.09. The van der Waals surface area contributed by atoms with Crippen LogP contribution in [0.5, 0.6) is 0 Å². The summed E-state index contributed by atoms with van der Waals surface area (Å²) in [4.78, 5) is 5.08. The molecule has 3 heteroatoms. The highest BCUT2D eigenvalue weighted by molar-refractivity contribution is 5.21. The van der Waals surface area contributed by atoms with E-state index in [2.05, 4.69) is 53.4 Å². The van der Waals surface area contributed by atoms with Crippen molar-refractivity contribution in [1.29, 1.82) is 0 Å². The molecule has 118 valence electrons. The third kappa shape index (κ3) is 6.60. The van der Waals surface area contributed by atoms with Crippen molar-refractivity contribution in [2.75, 3.05) is 46.3 Å². The monoisotopic (exact) mass is 289 g/mol. The fourth-order valence-electron chi connectivity index (χ4n) is 2.92. The second-order valence-electron chi connectivity index (χ2n) is 6.38. The van der Waals surface area contributed by atoms with Crippen molar-refractivity contribution in [2.45, 2.75) is 32.7 Å². The van der Waals surface area contributed by atoms with Gasteiger partial charge in [0.25, 0.3) is 0 Å². The molecular formula is C18H31N3. The largest absolute Gasteiger partial charge is 0.317 e. The van der Waals surface area contributed by atoms with Gasteiger partial charge in [-0.3, -0.25) is 4.90 Å². The van der Waals surface area contributed by atoms with Gasteiger partial charge in [0.2, 0.25) is 0 Å². The Morgan fingerprint density at radius 3 is 2.29 bits per heavy atom. The Labute approximate surface area is 130 Å². The summed E-state index contributed by atoms with van der Waals surface area (Å²) in [7, 11) is 2.25. The Bertz CT molecular complexity index is 388. The maximum Gasteiger partial charge on any atom is 0.0233 e. The smallest absolute Gasteiger partial charge is 0.0233 e. The van der Waals surface area contributed by atoms with Crippen molar-refractivity contribution in [1.82, 2.24) is 15.1 Å². The number of rotatable bonds is 2. The summed E-state index contributed by atoms with van der Waals surface area (Å²) in [6.45, 7) is 10.4. The first-order valence-electron chi connectivity index (χ1n) is 8.41. The van der Waals surface area contributed by atoms with Crippen LogP contribution >= 0.6 is 0 Å². The number of hydrogen-bond acceptors (Lipinski definition) is 3. The Balaban J connectivity index is 1.86. The van der Waals surface area contributed by atoms with Gasteiger partial charge in [-0.1, -0.05) is 29.8 Å². The standard InChI is InChI=1S/C18H31N3/c1-17-6-8-18(9-7-17)16-21-14-4-11-19-10-3-12-20(2)13-5-15-21/h6-9,19H,3-5,10-16H2,1-2H3. The van der Waals surface area contributed by atoms with E-state index in [4.69, 9.17) is 0 Å². The van der Waals surface area contributed by atoms with Crippen LogP contribution in [0.25, 0.3) is 0 Å². The fourth-order valence-corrected chi connectivity index (χ4v) is 2.92. The van der Waals surface area contributed by atoms with Gasteiger partial charge in [-0.15, -0.1) is 0 Å². The van der Waals surface area contributed by atoms with Crippen molar-refractivity contribution in [3.05, 3.63) is 35.4 Å². The quantitative estimate of drug-likeness (QED) is 0.902. The highest BCUT2D eigenvalue weighted by Crippen LogP contribution is 2.08. The van der Waals surface area contributed by atoms with E-state index in [1.807, 2.05) is 0 Å². The highest BCUT2D eigenvalue weighted by Gasteiger charge is 2.08. The van der Waals surface area contributed by atoms with Crippen LogP contribution in [0, 0.1) is 6.92 Å². The van der Waals surface area contributed by atoms with Crippen molar-refractivity contribution >= 4 is 0 Å². The van der Waals surface area contributed by atoms with Gasteiger partial charge in [0.15, 0.2) is 0 Å². The summed E-state index contributed by atoms with van der Waals surface area (Å²) in [6, 6.07) is 8.99. The zero-order chi connectivity index (χ0) is 14.9. The molecule has 2 rings (SSSR count). The van der Waals surface area contributed by atoms with Crippen LogP contribution in [0.1, 0.15) is 30.4 Å². The summed E-state index contributed by atoms with van der Waals surface area (Å²) in [5.41, 5.74) is 2.78. The lowest BCUT2D eigenvalue weighted by Gasteiger charge is -2.25. The molecule has 0 saturated carbocycles. The molecule has 1 aromatic rings. The molecule has 3 nitrogen and oxygen atoms in total. The lowest BCUT2D eigenvalue weighted by molar-refractivity contribution is 0.229. The van der Waals surface area contributed by atoms with Gasteiger partial charge in [0.05, 0.1) is 0 Å². The van der Waals surface area contributed by atoms with Crippen molar-refractivity contribution in [3.63, 3.8) is 0 Å².